The highest BCUT2D eigenvalue weighted by atomic mass is 127. The molecule has 9 heteroatoms. The summed E-state index contributed by atoms with van der Waals surface area (Å²) in [6.07, 6.45) is 0.601. The summed E-state index contributed by atoms with van der Waals surface area (Å²) in [6.45, 7) is 0.990. The lowest BCUT2D eigenvalue weighted by Crippen LogP contribution is -2.43. The van der Waals surface area contributed by atoms with E-state index in [1.807, 2.05) is 48.5 Å². The Hall–Kier alpha value is -2.01. The highest BCUT2D eigenvalue weighted by molar-refractivity contribution is 14.0. The number of hydrogen-bond acceptors (Lipinski definition) is 5. The van der Waals surface area contributed by atoms with E-state index in [0.717, 1.165) is 11.1 Å². The molecule has 1 unspecified atom stereocenters. The van der Waals surface area contributed by atoms with Crippen molar-refractivity contribution in [3.8, 4) is 11.5 Å². The van der Waals surface area contributed by atoms with Crippen LogP contribution in [0.5, 0.6) is 11.5 Å². The number of benzene rings is 2. The Morgan fingerprint density at radius 2 is 1.90 bits per heavy atom. The maximum atomic E-state index is 11.6. The van der Waals surface area contributed by atoms with Crippen molar-refractivity contribution in [3.05, 3.63) is 59.7 Å². The van der Waals surface area contributed by atoms with Crippen molar-refractivity contribution in [2.75, 3.05) is 25.7 Å². The van der Waals surface area contributed by atoms with Crippen molar-refractivity contribution >= 4 is 39.8 Å². The first-order valence-corrected chi connectivity index (χ1v) is 11.3. The molecule has 30 heavy (non-hydrogen) atoms. The average molecular weight is 545 g/mol. The number of methoxy groups -OCH3 is 1. The second-order valence-electron chi connectivity index (χ2n) is 6.93. The van der Waals surface area contributed by atoms with Gasteiger partial charge in [-0.05, 0) is 29.7 Å². The van der Waals surface area contributed by atoms with E-state index in [2.05, 4.69) is 15.6 Å². The molecule has 0 bridgehead atoms. The van der Waals surface area contributed by atoms with Gasteiger partial charge in [0.1, 0.15) is 6.61 Å². The van der Waals surface area contributed by atoms with E-state index in [-0.39, 0.29) is 41.5 Å². The molecule has 1 fully saturated rings. The number of halogens is 1. The van der Waals surface area contributed by atoms with Crippen LogP contribution in [-0.4, -0.2) is 46.1 Å². The molecule has 2 aromatic carbocycles. The Morgan fingerprint density at radius 1 is 1.13 bits per heavy atom. The molecule has 0 radical (unpaired) electrons. The molecule has 1 aliphatic rings. The maximum absolute atomic E-state index is 11.6. The normalized spacial score (nSPS) is 17.7. The monoisotopic (exact) mass is 545 g/mol. The molecule has 3 rings (SSSR count). The summed E-state index contributed by atoms with van der Waals surface area (Å²) in [6, 6.07) is 15.6. The fraction of sp³-hybridized carbons (Fsp3) is 0.381. The van der Waals surface area contributed by atoms with Gasteiger partial charge in [0.25, 0.3) is 0 Å². The third kappa shape index (κ3) is 7.05. The van der Waals surface area contributed by atoms with E-state index in [9.17, 15) is 8.42 Å². The van der Waals surface area contributed by atoms with Crippen LogP contribution in [0.25, 0.3) is 0 Å². The molecule has 1 heterocycles. The van der Waals surface area contributed by atoms with Crippen LogP contribution in [0.3, 0.4) is 0 Å². The van der Waals surface area contributed by atoms with Gasteiger partial charge in [-0.15, -0.1) is 24.0 Å². The summed E-state index contributed by atoms with van der Waals surface area (Å²) < 4.78 is 34.6. The standard InChI is InChI=1S/C21H27N3O4S.HI/c1-22-21(24-18-10-11-29(25,26)15-18)23-13-17-8-9-19(20(12-17)27-2)28-14-16-6-4-3-5-7-16;/h3-9,12,18H,10-11,13-15H2,1-2H3,(H2,22,23,24);1H. The highest BCUT2D eigenvalue weighted by Gasteiger charge is 2.28. The zero-order valence-corrected chi connectivity index (χ0v) is 20.3. The maximum Gasteiger partial charge on any atom is 0.191 e. The van der Waals surface area contributed by atoms with Crippen molar-refractivity contribution in [3.63, 3.8) is 0 Å². The molecular weight excluding hydrogens is 517 g/mol. The van der Waals surface area contributed by atoms with Crippen molar-refractivity contribution in [2.24, 2.45) is 4.99 Å². The number of guanidine groups is 1. The smallest absolute Gasteiger partial charge is 0.191 e. The van der Waals surface area contributed by atoms with Crippen LogP contribution in [0.2, 0.25) is 0 Å². The highest BCUT2D eigenvalue weighted by Crippen LogP contribution is 2.28. The van der Waals surface area contributed by atoms with Gasteiger partial charge in [0.05, 0.1) is 18.6 Å². The molecule has 164 valence electrons. The molecule has 2 aromatic rings. The third-order valence-corrected chi connectivity index (χ3v) is 6.49. The number of aliphatic imine (C=N–C) groups is 1. The summed E-state index contributed by atoms with van der Waals surface area (Å²) in [5.74, 6) is 2.29. The predicted molar refractivity (Wildman–Crippen MR) is 130 cm³/mol. The van der Waals surface area contributed by atoms with Crippen LogP contribution in [-0.2, 0) is 23.0 Å². The minimum absolute atomic E-state index is 0. The van der Waals surface area contributed by atoms with Gasteiger partial charge in [-0.25, -0.2) is 8.42 Å². The predicted octanol–water partition coefficient (Wildman–Crippen LogP) is 2.74. The van der Waals surface area contributed by atoms with Gasteiger partial charge in [-0.1, -0.05) is 36.4 Å². The second kappa shape index (κ2) is 11.4. The van der Waals surface area contributed by atoms with E-state index < -0.39 is 9.84 Å². The fourth-order valence-electron chi connectivity index (χ4n) is 3.16. The van der Waals surface area contributed by atoms with Crippen LogP contribution in [0.4, 0.5) is 0 Å². The lowest BCUT2D eigenvalue weighted by atomic mass is 10.2. The van der Waals surface area contributed by atoms with Crippen molar-refractivity contribution < 1.29 is 17.9 Å². The third-order valence-electron chi connectivity index (χ3n) is 4.72. The molecule has 0 aromatic heterocycles. The van der Waals surface area contributed by atoms with E-state index in [1.54, 1.807) is 14.2 Å². The van der Waals surface area contributed by atoms with Gasteiger partial charge in [-0.2, -0.15) is 0 Å². The van der Waals surface area contributed by atoms with Crippen molar-refractivity contribution in [2.45, 2.75) is 25.6 Å². The van der Waals surface area contributed by atoms with Gasteiger partial charge >= 0.3 is 0 Å². The number of nitrogens with zero attached hydrogens (tertiary/aromatic N) is 1. The minimum Gasteiger partial charge on any atom is -0.493 e. The largest absolute Gasteiger partial charge is 0.493 e. The molecule has 0 saturated carbocycles. The number of ether oxygens (including phenoxy) is 2. The van der Waals surface area contributed by atoms with E-state index in [4.69, 9.17) is 9.47 Å². The van der Waals surface area contributed by atoms with Crippen molar-refractivity contribution in [1.29, 1.82) is 0 Å². The first-order valence-electron chi connectivity index (χ1n) is 9.50. The van der Waals surface area contributed by atoms with Gasteiger partial charge in [-0.3, -0.25) is 4.99 Å². The number of sulfone groups is 1. The van der Waals surface area contributed by atoms with Crippen molar-refractivity contribution in [1.82, 2.24) is 10.6 Å². The first kappa shape index (κ1) is 24.3. The Kier molecular flexibility index (Phi) is 9.22. The van der Waals surface area contributed by atoms with Crippen LogP contribution >= 0.6 is 24.0 Å². The first-order chi connectivity index (χ1) is 14.0. The van der Waals surface area contributed by atoms with Crippen LogP contribution < -0.4 is 20.1 Å². The lowest BCUT2D eigenvalue weighted by molar-refractivity contribution is 0.284. The van der Waals surface area contributed by atoms with E-state index in [0.29, 0.717) is 37.0 Å². The Bertz CT molecular complexity index is 952. The molecule has 0 amide bonds. The quantitative estimate of drug-likeness (QED) is 0.316. The summed E-state index contributed by atoms with van der Waals surface area (Å²) in [7, 11) is 0.349. The summed E-state index contributed by atoms with van der Waals surface area (Å²) in [5.41, 5.74) is 2.08. The zero-order chi connectivity index (χ0) is 20.7. The van der Waals surface area contributed by atoms with Crippen LogP contribution in [0.1, 0.15) is 17.5 Å². The number of hydrogen-bond donors (Lipinski definition) is 2. The molecular formula is C21H28IN3O4S. The second-order valence-corrected chi connectivity index (χ2v) is 9.16. The van der Waals surface area contributed by atoms with Gasteiger partial charge in [0.2, 0.25) is 0 Å². The van der Waals surface area contributed by atoms with E-state index >= 15 is 0 Å². The van der Waals surface area contributed by atoms with Gasteiger partial charge in [0.15, 0.2) is 27.3 Å². The number of nitrogens with one attached hydrogen (secondary N) is 2. The Labute approximate surface area is 195 Å². The number of rotatable bonds is 7. The van der Waals surface area contributed by atoms with Gasteiger partial charge in [0, 0.05) is 19.6 Å². The SMILES string of the molecule is CN=C(NCc1ccc(OCc2ccccc2)c(OC)c1)NC1CCS(=O)(=O)C1.I. The zero-order valence-electron chi connectivity index (χ0n) is 17.1. The molecule has 0 aliphatic carbocycles. The molecule has 1 saturated heterocycles. The summed E-state index contributed by atoms with van der Waals surface area (Å²) >= 11 is 0. The molecule has 7 nitrogen and oxygen atoms in total. The lowest BCUT2D eigenvalue weighted by Gasteiger charge is -2.17. The van der Waals surface area contributed by atoms with E-state index in [1.165, 1.54) is 0 Å². The Balaban J connectivity index is 0.00000320. The minimum atomic E-state index is -2.93. The van der Waals surface area contributed by atoms with Gasteiger partial charge < -0.3 is 20.1 Å². The van der Waals surface area contributed by atoms with Crippen LogP contribution in [0, 0.1) is 0 Å². The van der Waals surface area contributed by atoms with Crippen LogP contribution in [0.15, 0.2) is 53.5 Å². The summed E-state index contributed by atoms with van der Waals surface area (Å²) in [4.78, 5) is 4.18. The fourth-order valence-corrected chi connectivity index (χ4v) is 4.83. The molecule has 1 atom stereocenters. The molecule has 1 aliphatic heterocycles. The Morgan fingerprint density at radius 3 is 2.53 bits per heavy atom. The topological polar surface area (TPSA) is 89.0 Å². The average Bonchev–Trinajstić information content (AvgIpc) is 3.08. The molecule has 2 N–H and O–H groups in total. The summed E-state index contributed by atoms with van der Waals surface area (Å²) in [5, 5.41) is 6.39. The molecule has 0 spiro atoms.